The van der Waals surface area contributed by atoms with E-state index in [-0.39, 0.29) is 40.7 Å². The molecule has 1 aromatic carbocycles. The predicted octanol–water partition coefficient (Wildman–Crippen LogP) is 13.1. The molecule has 2 atom stereocenters. The van der Waals surface area contributed by atoms with Crippen molar-refractivity contribution in [2.75, 3.05) is 11.9 Å². The number of rotatable bonds is 13. The van der Waals surface area contributed by atoms with Crippen LogP contribution in [0, 0.1) is 5.41 Å². The highest BCUT2D eigenvalue weighted by molar-refractivity contribution is 5.78. The highest BCUT2D eigenvalue weighted by Crippen LogP contribution is 2.47. The maximum Gasteiger partial charge on any atom is 0.433 e. The fourth-order valence-corrected chi connectivity index (χ4v) is 7.57. The van der Waals surface area contributed by atoms with Crippen molar-refractivity contribution in [3.63, 3.8) is 0 Å². The first-order valence-corrected chi connectivity index (χ1v) is 18.2. The van der Waals surface area contributed by atoms with E-state index in [0.717, 1.165) is 68.3 Å². The van der Waals surface area contributed by atoms with Gasteiger partial charge in [-0.25, -0.2) is 18.7 Å². The highest BCUT2D eigenvalue weighted by Gasteiger charge is 2.36. The second kappa shape index (κ2) is 17.6. The number of piperidine rings is 1. The first-order valence-electron chi connectivity index (χ1n) is 18.2. The maximum absolute atomic E-state index is 15.3. The quantitative estimate of drug-likeness (QED) is 0.163. The molecule has 1 saturated carbocycles. The Balaban J connectivity index is 1.70. The summed E-state index contributed by atoms with van der Waals surface area (Å²) >= 11 is 0. The molecule has 0 amide bonds. The Hall–Kier alpha value is -3.80. The molecule has 1 saturated heterocycles. The first kappa shape index (κ1) is 41.9. The molecule has 2 aliphatic rings. The molecule has 0 unspecified atom stereocenters. The van der Waals surface area contributed by atoms with Crippen molar-refractivity contribution in [2.24, 2.45) is 5.41 Å². The van der Waals surface area contributed by atoms with Gasteiger partial charge in [-0.1, -0.05) is 56.1 Å². The minimum absolute atomic E-state index is 0.00295. The minimum Gasteiger partial charge on any atom is -0.355 e. The van der Waals surface area contributed by atoms with Gasteiger partial charge in [0.05, 0.1) is 11.3 Å². The van der Waals surface area contributed by atoms with Gasteiger partial charge in [-0.2, -0.15) is 26.3 Å². The fraction of sp³-hybridized carbons (Fsp3) is 0.512. The normalized spacial score (nSPS) is 21.1. The molecule has 12 heteroatoms. The lowest BCUT2D eigenvalue weighted by Gasteiger charge is -2.39. The number of anilines is 1. The summed E-state index contributed by atoms with van der Waals surface area (Å²) < 4.78 is 111. The van der Waals surface area contributed by atoms with E-state index in [2.05, 4.69) is 47.5 Å². The number of aromatic nitrogens is 2. The number of alkyl halides is 6. The average molecular weight is 751 g/mol. The van der Waals surface area contributed by atoms with Crippen molar-refractivity contribution < 1.29 is 35.1 Å². The van der Waals surface area contributed by atoms with Gasteiger partial charge >= 0.3 is 12.4 Å². The molecule has 0 radical (unpaired) electrons. The van der Waals surface area contributed by atoms with Crippen LogP contribution in [0.25, 0.3) is 11.3 Å². The van der Waals surface area contributed by atoms with Crippen molar-refractivity contribution in [2.45, 2.75) is 123 Å². The van der Waals surface area contributed by atoms with Crippen LogP contribution < -0.4 is 5.32 Å². The third-order valence-electron chi connectivity index (χ3n) is 11.0. The van der Waals surface area contributed by atoms with E-state index >= 15 is 4.39 Å². The molecule has 4 nitrogen and oxygen atoms in total. The zero-order valence-corrected chi connectivity index (χ0v) is 31.1. The van der Waals surface area contributed by atoms with E-state index in [1.165, 1.54) is 19.3 Å². The summed E-state index contributed by atoms with van der Waals surface area (Å²) in [6.45, 7) is 15.5. The van der Waals surface area contributed by atoms with Gasteiger partial charge in [0.2, 0.25) is 0 Å². The first-order chi connectivity index (χ1) is 24.8. The van der Waals surface area contributed by atoms with Crippen LogP contribution >= 0.6 is 0 Å². The zero-order valence-electron chi connectivity index (χ0n) is 31.1. The van der Waals surface area contributed by atoms with E-state index in [9.17, 15) is 30.7 Å². The third kappa shape index (κ3) is 10.9. The summed E-state index contributed by atoms with van der Waals surface area (Å²) in [4.78, 5) is 9.63. The molecule has 0 spiro atoms. The number of allylic oxidation sites excluding steroid dienone is 7. The maximum atomic E-state index is 15.3. The van der Waals surface area contributed by atoms with Crippen molar-refractivity contribution in [3.05, 3.63) is 101 Å². The standard InChI is InChI=1S/C41H50F8N4/c1-26(11-10-20-53-27(2)12-9-13-28(53)3)14-15-31(35(43)24-42)21-33(29(4)39(6)18-7-8-19-39)30(5)52-36-17-16-32(40(44,45)46)22-34(36)37-23-38(41(47,48)49)51-25-50-37/h14-17,22-25,27-28,52H,5,7-13,18-21H2,1-4,6H3/b26-14+,31-15-,33-29+,35-24-/t27-,28+. The number of nitrogens with one attached hydrogen (secondary N) is 1. The molecule has 1 aliphatic carbocycles. The molecular formula is C41H50F8N4. The number of hydrogen-bond acceptors (Lipinski definition) is 4. The van der Waals surface area contributed by atoms with Crippen LogP contribution in [0.2, 0.25) is 0 Å². The summed E-state index contributed by atoms with van der Waals surface area (Å²) in [5, 5.41) is 3.02. The molecule has 1 aromatic heterocycles. The smallest absolute Gasteiger partial charge is 0.355 e. The second-order valence-electron chi connectivity index (χ2n) is 14.8. The Bertz CT molecular complexity index is 1720. The van der Waals surface area contributed by atoms with Crippen molar-refractivity contribution in [1.82, 2.24) is 14.9 Å². The van der Waals surface area contributed by atoms with Crippen LogP contribution in [0.5, 0.6) is 0 Å². The monoisotopic (exact) mass is 750 g/mol. The van der Waals surface area contributed by atoms with E-state index in [1.807, 2.05) is 13.8 Å². The minimum atomic E-state index is -4.87. The Morgan fingerprint density at radius 1 is 0.962 bits per heavy atom. The largest absolute Gasteiger partial charge is 0.433 e. The van der Waals surface area contributed by atoms with Gasteiger partial charge in [0.25, 0.3) is 0 Å². The summed E-state index contributed by atoms with van der Waals surface area (Å²) in [6, 6.07) is 4.23. The highest BCUT2D eigenvalue weighted by atomic mass is 19.4. The Kier molecular flexibility index (Phi) is 13.9. The molecule has 2 fully saturated rings. The van der Waals surface area contributed by atoms with Crippen LogP contribution in [-0.2, 0) is 12.4 Å². The zero-order chi connectivity index (χ0) is 39.1. The SMILES string of the molecule is C=C(Nc1ccc(C(F)(F)F)cc1-c1cc(C(F)(F)F)ncn1)/C(CC(=C/C=C(\C)CCCN1[C@H](C)CCC[C@@H]1C)/C(F)=C/F)=C(\C)C1(C)CCCC1. The Labute approximate surface area is 307 Å². The molecule has 1 N–H and O–H groups in total. The average Bonchev–Trinajstić information content (AvgIpc) is 3.55. The topological polar surface area (TPSA) is 41.1 Å². The van der Waals surface area contributed by atoms with Gasteiger partial charge in [0.15, 0.2) is 5.83 Å². The van der Waals surface area contributed by atoms with E-state index < -0.39 is 35.1 Å². The lowest BCUT2D eigenvalue weighted by molar-refractivity contribution is -0.141. The number of likely N-dealkylation sites (tertiary alicyclic amines) is 1. The van der Waals surface area contributed by atoms with Crippen molar-refractivity contribution in [3.8, 4) is 11.3 Å². The van der Waals surface area contributed by atoms with Gasteiger partial charge in [0.1, 0.15) is 18.4 Å². The molecule has 53 heavy (non-hydrogen) atoms. The summed E-state index contributed by atoms with van der Waals surface area (Å²) in [6.07, 6.45) is 2.93. The van der Waals surface area contributed by atoms with Crippen molar-refractivity contribution >= 4 is 5.69 Å². The molecular weight excluding hydrogens is 700 g/mol. The molecule has 2 heterocycles. The Morgan fingerprint density at radius 3 is 2.23 bits per heavy atom. The summed E-state index contributed by atoms with van der Waals surface area (Å²) in [5.41, 5.74) is -0.805. The molecule has 4 rings (SSSR count). The van der Waals surface area contributed by atoms with Crippen LogP contribution in [-0.4, -0.2) is 33.5 Å². The van der Waals surface area contributed by atoms with Gasteiger partial charge < -0.3 is 5.32 Å². The molecule has 1 aliphatic heterocycles. The van der Waals surface area contributed by atoms with Crippen LogP contribution in [0.1, 0.15) is 110 Å². The lowest BCUT2D eigenvalue weighted by Crippen LogP contribution is -2.44. The van der Waals surface area contributed by atoms with E-state index in [4.69, 9.17) is 0 Å². The number of halogens is 8. The van der Waals surface area contributed by atoms with Crippen LogP contribution in [0.3, 0.4) is 0 Å². The van der Waals surface area contributed by atoms with Gasteiger partial charge in [-0.15, -0.1) is 0 Å². The third-order valence-corrected chi connectivity index (χ3v) is 11.0. The van der Waals surface area contributed by atoms with Gasteiger partial charge in [0, 0.05) is 35.5 Å². The predicted molar refractivity (Wildman–Crippen MR) is 195 cm³/mol. The van der Waals surface area contributed by atoms with E-state index in [0.29, 0.717) is 36.1 Å². The molecule has 290 valence electrons. The van der Waals surface area contributed by atoms with Crippen LogP contribution in [0.4, 0.5) is 40.8 Å². The van der Waals surface area contributed by atoms with Crippen LogP contribution in [0.15, 0.2) is 89.5 Å². The number of nitrogens with zero attached hydrogens (tertiary/aromatic N) is 3. The number of hydrogen-bond donors (Lipinski definition) is 1. The number of benzene rings is 1. The van der Waals surface area contributed by atoms with E-state index in [1.54, 1.807) is 12.2 Å². The summed E-state index contributed by atoms with van der Waals surface area (Å²) in [7, 11) is 0. The Morgan fingerprint density at radius 2 is 1.62 bits per heavy atom. The van der Waals surface area contributed by atoms with Gasteiger partial charge in [-0.05, 0) is 114 Å². The molecule has 0 bridgehead atoms. The van der Waals surface area contributed by atoms with Crippen molar-refractivity contribution in [1.29, 1.82) is 0 Å². The summed E-state index contributed by atoms with van der Waals surface area (Å²) in [5.74, 6) is -1.07. The fourth-order valence-electron chi connectivity index (χ4n) is 7.57. The van der Waals surface area contributed by atoms with Gasteiger partial charge in [-0.3, -0.25) is 4.90 Å². The molecule has 2 aromatic rings. The lowest BCUT2D eigenvalue weighted by atomic mass is 9.77. The second-order valence-corrected chi connectivity index (χ2v) is 14.8.